The molecule has 1 saturated carbocycles. The standard InChI is InChI=1S/C25H24N4O4/c1-15-13-16(19-5-2-3-7-21(19)26-15)14-33-18-10-8-17(9-11-18)27-22(30)20-6-4-12-25(20)23(31)28-24(32)29-25/h2-3,5,7-11,13,20H,4,6,12,14H2,1H3,(H,27,30)(H2,28,29,31,32)/t20-,25-/m0/s1. The third-order valence-electron chi connectivity index (χ3n) is 6.39. The van der Waals surface area contributed by atoms with Gasteiger partial charge in [0.1, 0.15) is 17.9 Å². The second-order valence-corrected chi connectivity index (χ2v) is 8.57. The number of carbonyl (C=O) groups is 3. The lowest BCUT2D eigenvalue weighted by Crippen LogP contribution is -2.53. The third-order valence-corrected chi connectivity index (χ3v) is 6.39. The van der Waals surface area contributed by atoms with Gasteiger partial charge in [-0.2, -0.15) is 0 Å². The minimum atomic E-state index is -1.14. The molecule has 0 unspecified atom stereocenters. The van der Waals surface area contributed by atoms with Gasteiger partial charge in [-0.05, 0) is 62.6 Å². The van der Waals surface area contributed by atoms with Gasteiger partial charge in [-0.1, -0.05) is 18.2 Å². The van der Waals surface area contributed by atoms with Crippen LogP contribution in [0, 0.1) is 12.8 Å². The Bertz CT molecular complexity index is 1260. The molecule has 1 saturated heterocycles. The molecule has 2 aromatic carbocycles. The van der Waals surface area contributed by atoms with Crippen LogP contribution in [0.1, 0.15) is 30.5 Å². The van der Waals surface area contributed by atoms with Crippen molar-refractivity contribution in [3.8, 4) is 5.75 Å². The zero-order valence-electron chi connectivity index (χ0n) is 18.2. The van der Waals surface area contributed by atoms with E-state index in [-0.39, 0.29) is 5.91 Å². The van der Waals surface area contributed by atoms with Crippen molar-refractivity contribution in [2.24, 2.45) is 5.92 Å². The van der Waals surface area contributed by atoms with Crippen molar-refractivity contribution in [2.75, 3.05) is 5.32 Å². The number of para-hydroxylation sites is 1. The largest absolute Gasteiger partial charge is 0.489 e. The first-order chi connectivity index (χ1) is 15.9. The first kappa shape index (κ1) is 20.9. The summed E-state index contributed by atoms with van der Waals surface area (Å²) in [6.45, 7) is 2.36. The summed E-state index contributed by atoms with van der Waals surface area (Å²) in [6.07, 6.45) is 1.69. The fourth-order valence-electron chi connectivity index (χ4n) is 4.83. The lowest BCUT2D eigenvalue weighted by Gasteiger charge is -2.27. The van der Waals surface area contributed by atoms with Crippen molar-refractivity contribution >= 4 is 34.4 Å². The Balaban J connectivity index is 1.25. The Kier molecular flexibility index (Phi) is 5.20. The van der Waals surface area contributed by atoms with E-state index in [9.17, 15) is 14.4 Å². The first-order valence-electron chi connectivity index (χ1n) is 11.0. The zero-order chi connectivity index (χ0) is 23.0. The number of rotatable bonds is 5. The van der Waals surface area contributed by atoms with Gasteiger partial charge in [-0.15, -0.1) is 0 Å². The highest BCUT2D eigenvalue weighted by Crippen LogP contribution is 2.38. The average Bonchev–Trinajstić information content (AvgIpc) is 3.35. The minimum absolute atomic E-state index is 0.280. The number of hydrogen-bond donors (Lipinski definition) is 3. The summed E-state index contributed by atoms with van der Waals surface area (Å²) in [5.41, 5.74) is 2.38. The van der Waals surface area contributed by atoms with Crippen LogP contribution >= 0.6 is 0 Å². The fraction of sp³-hybridized carbons (Fsp3) is 0.280. The fourth-order valence-corrected chi connectivity index (χ4v) is 4.83. The molecule has 3 N–H and O–H groups in total. The van der Waals surface area contributed by atoms with Gasteiger partial charge in [0.15, 0.2) is 0 Å². The van der Waals surface area contributed by atoms with Crippen molar-refractivity contribution in [1.29, 1.82) is 0 Å². The summed E-state index contributed by atoms with van der Waals surface area (Å²) in [4.78, 5) is 41.4. The van der Waals surface area contributed by atoms with Gasteiger partial charge in [-0.3, -0.25) is 19.9 Å². The molecule has 33 heavy (non-hydrogen) atoms. The summed E-state index contributed by atoms with van der Waals surface area (Å²) in [5, 5.41) is 8.85. The van der Waals surface area contributed by atoms with Crippen molar-refractivity contribution < 1.29 is 19.1 Å². The lowest BCUT2D eigenvalue weighted by atomic mass is 9.86. The minimum Gasteiger partial charge on any atom is -0.489 e. The topological polar surface area (TPSA) is 109 Å². The molecule has 0 radical (unpaired) electrons. The SMILES string of the molecule is Cc1cc(COc2ccc(NC(=O)[C@@H]3CCC[C@]34NC(=O)NC4=O)cc2)c2ccccc2n1. The maximum absolute atomic E-state index is 12.9. The van der Waals surface area contributed by atoms with Crippen LogP contribution in [0.15, 0.2) is 54.6 Å². The van der Waals surface area contributed by atoms with Crippen LogP contribution in [0.5, 0.6) is 5.75 Å². The molecule has 5 rings (SSSR count). The first-order valence-corrected chi connectivity index (χ1v) is 11.0. The molecule has 0 bridgehead atoms. The van der Waals surface area contributed by atoms with E-state index in [0.717, 1.165) is 22.2 Å². The number of benzene rings is 2. The van der Waals surface area contributed by atoms with Gasteiger partial charge >= 0.3 is 6.03 Å². The molecular formula is C25H24N4O4. The molecule has 2 heterocycles. The van der Waals surface area contributed by atoms with Crippen LogP contribution in [-0.4, -0.2) is 28.4 Å². The van der Waals surface area contributed by atoms with Crippen molar-refractivity contribution in [1.82, 2.24) is 15.6 Å². The number of aromatic nitrogens is 1. The van der Waals surface area contributed by atoms with Gasteiger partial charge in [0.05, 0.1) is 11.4 Å². The number of aryl methyl sites for hydroxylation is 1. The second kappa shape index (κ2) is 8.20. The summed E-state index contributed by atoms with van der Waals surface area (Å²) >= 11 is 0. The predicted octanol–water partition coefficient (Wildman–Crippen LogP) is 3.44. The Morgan fingerprint density at radius 2 is 1.97 bits per heavy atom. The zero-order valence-corrected chi connectivity index (χ0v) is 18.2. The van der Waals surface area contributed by atoms with Gasteiger partial charge < -0.3 is 15.4 Å². The number of ether oxygens (including phenoxy) is 1. The molecule has 2 aliphatic rings. The molecule has 1 aliphatic carbocycles. The number of imide groups is 1. The van der Waals surface area contributed by atoms with E-state index in [1.807, 2.05) is 37.3 Å². The molecule has 8 nitrogen and oxygen atoms in total. The molecule has 8 heteroatoms. The monoisotopic (exact) mass is 444 g/mol. The number of carbonyl (C=O) groups excluding carboxylic acids is 3. The van der Waals surface area contributed by atoms with E-state index in [4.69, 9.17) is 4.74 Å². The highest BCUT2D eigenvalue weighted by Gasteiger charge is 2.57. The Morgan fingerprint density at radius 3 is 2.73 bits per heavy atom. The van der Waals surface area contributed by atoms with Gasteiger partial charge in [-0.25, -0.2) is 4.79 Å². The predicted molar refractivity (Wildman–Crippen MR) is 123 cm³/mol. The van der Waals surface area contributed by atoms with E-state index >= 15 is 0 Å². The van der Waals surface area contributed by atoms with E-state index in [1.165, 1.54) is 0 Å². The van der Waals surface area contributed by atoms with E-state index < -0.39 is 23.4 Å². The van der Waals surface area contributed by atoms with Crippen LogP contribution in [-0.2, 0) is 16.2 Å². The van der Waals surface area contributed by atoms with Crippen molar-refractivity contribution in [3.05, 3.63) is 65.9 Å². The Labute approximate surface area is 190 Å². The molecule has 168 valence electrons. The molecular weight excluding hydrogens is 420 g/mol. The summed E-state index contributed by atoms with van der Waals surface area (Å²) in [5.74, 6) is -0.639. The van der Waals surface area contributed by atoms with Gasteiger partial charge in [0.2, 0.25) is 5.91 Å². The molecule has 1 aliphatic heterocycles. The van der Waals surface area contributed by atoms with Gasteiger partial charge in [0, 0.05) is 22.3 Å². The molecule has 2 atom stereocenters. The number of pyridine rings is 1. The van der Waals surface area contributed by atoms with Gasteiger partial charge in [0.25, 0.3) is 5.91 Å². The Morgan fingerprint density at radius 1 is 1.18 bits per heavy atom. The molecule has 1 aromatic heterocycles. The highest BCUT2D eigenvalue weighted by atomic mass is 16.5. The number of anilines is 1. The van der Waals surface area contributed by atoms with Crippen LogP contribution in [0.4, 0.5) is 10.5 Å². The van der Waals surface area contributed by atoms with Crippen molar-refractivity contribution in [2.45, 2.75) is 38.3 Å². The number of fused-ring (bicyclic) bond motifs is 1. The average molecular weight is 444 g/mol. The second-order valence-electron chi connectivity index (χ2n) is 8.57. The smallest absolute Gasteiger partial charge is 0.322 e. The maximum atomic E-state index is 12.9. The quantitative estimate of drug-likeness (QED) is 0.523. The summed E-state index contributed by atoms with van der Waals surface area (Å²) in [6, 6.07) is 16.5. The third kappa shape index (κ3) is 3.88. The summed E-state index contributed by atoms with van der Waals surface area (Å²) in [7, 11) is 0. The normalized spacial score (nSPS) is 21.8. The van der Waals surface area contributed by atoms with E-state index in [0.29, 0.717) is 37.3 Å². The highest BCUT2D eigenvalue weighted by molar-refractivity contribution is 6.11. The molecule has 1 spiro atoms. The number of urea groups is 1. The van der Waals surface area contributed by atoms with Crippen LogP contribution in [0.2, 0.25) is 0 Å². The van der Waals surface area contributed by atoms with Crippen LogP contribution in [0.3, 0.4) is 0 Å². The molecule has 4 amide bonds. The van der Waals surface area contributed by atoms with E-state index in [1.54, 1.807) is 24.3 Å². The van der Waals surface area contributed by atoms with E-state index in [2.05, 4.69) is 20.9 Å². The number of nitrogens with one attached hydrogen (secondary N) is 3. The van der Waals surface area contributed by atoms with Crippen LogP contribution < -0.4 is 20.7 Å². The van der Waals surface area contributed by atoms with Crippen molar-refractivity contribution in [3.63, 3.8) is 0 Å². The van der Waals surface area contributed by atoms with Crippen LogP contribution in [0.25, 0.3) is 10.9 Å². The number of hydrogen-bond acceptors (Lipinski definition) is 5. The number of amides is 4. The number of nitrogens with zero attached hydrogens (tertiary/aromatic N) is 1. The Hall–Kier alpha value is -3.94. The molecule has 3 aromatic rings. The lowest BCUT2D eigenvalue weighted by molar-refractivity contribution is -0.131. The molecule has 2 fully saturated rings. The maximum Gasteiger partial charge on any atom is 0.322 e. The summed E-state index contributed by atoms with van der Waals surface area (Å²) < 4.78 is 5.98.